The smallest absolute Gasteiger partial charge is 0.303 e. The van der Waals surface area contributed by atoms with Gasteiger partial charge in [-0.2, -0.15) is 5.10 Å². The molecule has 1 aliphatic rings. The molecule has 1 fully saturated rings. The second-order valence-electron chi connectivity index (χ2n) is 5.72. The van der Waals surface area contributed by atoms with Gasteiger partial charge >= 0.3 is 5.97 Å². The van der Waals surface area contributed by atoms with E-state index in [0.717, 1.165) is 37.9 Å². The van der Waals surface area contributed by atoms with Gasteiger partial charge in [0, 0.05) is 25.2 Å². The molecule has 21 heavy (non-hydrogen) atoms. The number of rotatable bonds is 6. The number of carboxylic acids is 1. The predicted octanol–water partition coefficient (Wildman–Crippen LogP) is 2.08. The highest BCUT2D eigenvalue weighted by Crippen LogP contribution is 2.22. The van der Waals surface area contributed by atoms with Crippen LogP contribution in [0.1, 0.15) is 55.2 Å². The lowest BCUT2D eigenvalue weighted by atomic mass is 9.93. The highest BCUT2D eigenvalue weighted by molar-refractivity contribution is 5.92. The van der Waals surface area contributed by atoms with Crippen molar-refractivity contribution in [3.63, 3.8) is 0 Å². The molecular weight excluding hydrogens is 270 g/mol. The van der Waals surface area contributed by atoms with Gasteiger partial charge in [-0.3, -0.25) is 14.7 Å². The van der Waals surface area contributed by atoms with E-state index in [-0.39, 0.29) is 18.2 Å². The second-order valence-corrected chi connectivity index (χ2v) is 5.72. The molecule has 2 rings (SSSR count). The van der Waals surface area contributed by atoms with Crippen LogP contribution in [-0.4, -0.2) is 45.2 Å². The lowest BCUT2D eigenvalue weighted by Crippen LogP contribution is -2.40. The Labute approximate surface area is 124 Å². The Bertz CT molecular complexity index is 498. The third-order valence-electron chi connectivity index (χ3n) is 3.94. The monoisotopic (exact) mass is 293 g/mol. The molecule has 2 N–H and O–H groups in total. The van der Waals surface area contributed by atoms with Gasteiger partial charge in [0.05, 0.1) is 0 Å². The Morgan fingerprint density at radius 2 is 2.33 bits per heavy atom. The summed E-state index contributed by atoms with van der Waals surface area (Å²) in [7, 11) is 0. The molecule has 1 amide bonds. The third-order valence-corrected chi connectivity index (χ3v) is 3.94. The highest BCUT2D eigenvalue weighted by atomic mass is 16.4. The molecule has 0 saturated carbocycles. The molecule has 0 spiro atoms. The number of carboxylic acid groups (broad SMARTS) is 1. The first-order valence-electron chi connectivity index (χ1n) is 7.65. The predicted molar refractivity (Wildman–Crippen MR) is 78.1 cm³/mol. The molecule has 1 saturated heterocycles. The molecule has 1 aromatic heterocycles. The maximum absolute atomic E-state index is 12.4. The van der Waals surface area contributed by atoms with Crippen molar-refractivity contribution in [3.8, 4) is 0 Å². The summed E-state index contributed by atoms with van der Waals surface area (Å²) >= 11 is 0. The minimum absolute atomic E-state index is 0.0476. The Balaban J connectivity index is 1.93. The summed E-state index contributed by atoms with van der Waals surface area (Å²) in [5.74, 6) is -0.531. The Kier molecular flexibility index (Phi) is 5.36. The fourth-order valence-corrected chi connectivity index (χ4v) is 2.84. The first kappa shape index (κ1) is 15.5. The zero-order chi connectivity index (χ0) is 15.2. The van der Waals surface area contributed by atoms with Gasteiger partial charge in [-0.25, -0.2) is 0 Å². The molecule has 1 aromatic rings. The number of H-pyrrole nitrogens is 1. The zero-order valence-electron chi connectivity index (χ0n) is 12.5. The molecule has 0 aliphatic carbocycles. The second kappa shape index (κ2) is 7.24. The summed E-state index contributed by atoms with van der Waals surface area (Å²) in [6.07, 6.45) is 4.65. The molecule has 0 aromatic carbocycles. The molecule has 116 valence electrons. The van der Waals surface area contributed by atoms with Crippen molar-refractivity contribution in [2.24, 2.45) is 5.92 Å². The number of amides is 1. The number of likely N-dealkylation sites (tertiary alicyclic amines) is 1. The van der Waals surface area contributed by atoms with E-state index < -0.39 is 5.97 Å². The summed E-state index contributed by atoms with van der Waals surface area (Å²) in [5.41, 5.74) is 1.46. The summed E-state index contributed by atoms with van der Waals surface area (Å²) in [4.78, 5) is 24.9. The van der Waals surface area contributed by atoms with E-state index in [2.05, 4.69) is 17.1 Å². The van der Waals surface area contributed by atoms with Crippen LogP contribution in [0.4, 0.5) is 0 Å². The Morgan fingerprint density at radius 3 is 3.05 bits per heavy atom. The van der Waals surface area contributed by atoms with E-state index in [4.69, 9.17) is 5.11 Å². The number of carbonyl (C=O) groups is 2. The lowest BCUT2D eigenvalue weighted by molar-refractivity contribution is -0.137. The van der Waals surface area contributed by atoms with E-state index in [9.17, 15) is 9.59 Å². The van der Waals surface area contributed by atoms with Gasteiger partial charge in [-0.1, -0.05) is 13.3 Å². The largest absolute Gasteiger partial charge is 0.481 e. The maximum Gasteiger partial charge on any atom is 0.303 e. The van der Waals surface area contributed by atoms with Crippen LogP contribution in [0.15, 0.2) is 6.07 Å². The normalized spacial score (nSPS) is 18.7. The molecule has 0 bridgehead atoms. The van der Waals surface area contributed by atoms with E-state index in [1.165, 1.54) is 0 Å². The van der Waals surface area contributed by atoms with Crippen molar-refractivity contribution >= 4 is 11.9 Å². The molecule has 6 heteroatoms. The summed E-state index contributed by atoms with van der Waals surface area (Å²) in [6, 6.07) is 1.83. The minimum atomic E-state index is -0.769. The van der Waals surface area contributed by atoms with Gasteiger partial charge in [-0.05, 0) is 37.7 Å². The maximum atomic E-state index is 12.4. The number of nitrogens with zero attached hydrogens (tertiary/aromatic N) is 2. The highest BCUT2D eigenvalue weighted by Gasteiger charge is 2.26. The third kappa shape index (κ3) is 4.31. The topological polar surface area (TPSA) is 86.3 Å². The number of hydrogen-bond acceptors (Lipinski definition) is 3. The average Bonchev–Trinajstić information content (AvgIpc) is 2.94. The van der Waals surface area contributed by atoms with Crippen molar-refractivity contribution in [1.82, 2.24) is 15.1 Å². The van der Waals surface area contributed by atoms with Crippen LogP contribution < -0.4 is 0 Å². The van der Waals surface area contributed by atoms with Gasteiger partial charge in [0.15, 0.2) is 0 Å². The average molecular weight is 293 g/mol. The van der Waals surface area contributed by atoms with Crippen molar-refractivity contribution in [3.05, 3.63) is 17.5 Å². The van der Waals surface area contributed by atoms with Crippen molar-refractivity contribution in [2.75, 3.05) is 13.1 Å². The zero-order valence-corrected chi connectivity index (χ0v) is 12.5. The number of aromatic amines is 1. The number of aromatic nitrogens is 2. The number of aryl methyl sites for hydroxylation is 1. The number of piperidine rings is 1. The SMILES string of the molecule is CCCc1cc(C(=O)N2CCC[C@H](CCC(=O)O)C2)n[nH]1. The van der Waals surface area contributed by atoms with Gasteiger partial charge < -0.3 is 10.0 Å². The Hall–Kier alpha value is -1.85. The first-order valence-corrected chi connectivity index (χ1v) is 7.65. The molecule has 0 radical (unpaired) electrons. The summed E-state index contributed by atoms with van der Waals surface area (Å²) in [5, 5.41) is 15.8. The number of aliphatic carboxylic acids is 1. The van der Waals surface area contributed by atoms with E-state index in [1.807, 2.05) is 11.0 Å². The molecular formula is C15H23N3O3. The van der Waals surface area contributed by atoms with Crippen LogP contribution in [0.2, 0.25) is 0 Å². The van der Waals surface area contributed by atoms with Gasteiger partial charge in [0.1, 0.15) is 5.69 Å². The van der Waals surface area contributed by atoms with Crippen LogP contribution in [0.3, 0.4) is 0 Å². The van der Waals surface area contributed by atoms with E-state index in [0.29, 0.717) is 18.7 Å². The number of nitrogens with one attached hydrogen (secondary N) is 1. The fourth-order valence-electron chi connectivity index (χ4n) is 2.84. The molecule has 1 aliphatic heterocycles. The number of hydrogen-bond donors (Lipinski definition) is 2. The van der Waals surface area contributed by atoms with Crippen LogP contribution in [0, 0.1) is 5.92 Å². The molecule has 1 atom stereocenters. The van der Waals surface area contributed by atoms with Crippen molar-refractivity contribution in [1.29, 1.82) is 0 Å². The minimum Gasteiger partial charge on any atom is -0.481 e. The van der Waals surface area contributed by atoms with Gasteiger partial charge in [-0.15, -0.1) is 0 Å². The molecule has 2 heterocycles. The lowest BCUT2D eigenvalue weighted by Gasteiger charge is -2.32. The Morgan fingerprint density at radius 1 is 1.52 bits per heavy atom. The first-order chi connectivity index (χ1) is 10.1. The van der Waals surface area contributed by atoms with Crippen molar-refractivity contribution in [2.45, 2.75) is 45.4 Å². The van der Waals surface area contributed by atoms with Gasteiger partial charge in [0.25, 0.3) is 5.91 Å². The van der Waals surface area contributed by atoms with Crippen LogP contribution >= 0.6 is 0 Å². The fraction of sp³-hybridized carbons (Fsp3) is 0.667. The van der Waals surface area contributed by atoms with Gasteiger partial charge in [0.2, 0.25) is 0 Å². The molecule has 6 nitrogen and oxygen atoms in total. The summed E-state index contributed by atoms with van der Waals surface area (Å²) < 4.78 is 0. The van der Waals surface area contributed by atoms with Crippen LogP contribution in [-0.2, 0) is 11.2 Å². The quantitative estimate of drug-likeness (QED) is 0.840. The van der Waals surface area contributed by atoms with Crippen LogP contribution in [0.25, 0.3) is 0 Å². The molecule has 0 unspecified atom stereocenters. The summed E-state index contributed by atoms with van der Waals surface area (Å²) in [6.45, 7) is 3.46. The van der Waals surface area contributed by atoms with Crippen LogP contribution in [0.5, 0.6) is 0 Å². The van der Waals surface area contributed by atoms with E-state index >= 15 is 0 Å². The van der Waals surface area contributed by atoms with E-state index in [1.54, 1.807) is 0 Å². The number of carbonyl (C=O) groups excluding carboxylic acids is 1. The van der Waals surface area contributed by atoms with Crippen molar-refractivity contribution < 1.29 is 14.7 Å². The standard InChI is InChI=1S/C15H23N3O3/c1-2-4-12-9-13(17-16-12)15(21)18-8-3-5-11(10-18)6-7-14(19)20/h9,11H,2-8,10H2,1H3,(H,16,17)(H,19,20)/t11-/m1/s1.